The lowest BCUT2D eigenvalue weighted by Gasteiger charge is -2.01. The SMILES string of the molecule is Cc1cc(C(=O)Nc2ccc(I)cc2)on1. The molecule has 4 nitrogen and oxygen atoms in total. The van der Waals surface area contributed by atoms with Crippen molar-refractivity contribution in [3.63, 3.8) is 0 Å². The number of nitrogens with zero attached hydrogens (tertiary/aromatic N) is 1. The van der Waals surface area contributed by atoms with Crippen LogP contribution in [0.25, 0.3) is 0 Å². The van der Waals surface area contributed by atoms with Crippen LogP contribution in [0, 0.1) is 10.5 Å². The molecule has 82 valence electrons. The zero-order chi connectivity index (χ0) is 11.5. The van der Waals surface area contributed by atoms with Crippen molar-refractivity contribution in [2.45, 2.75) is 6.92 Å². The summed E-state index contributed by atoms with van der Waals surface area (Å²) in [6.45, 7) is 1.77. The molecule has 0 unspecified atom stereocenters. The van der Waals surface area contributed by atoms with Gasteiger partial charge in [0.2, 0.25) is 5.76 Å². The van der Waals surface area contributed by atoms with Gasteiger partial charge in [-0.1, -0.05) is 5.16 Å². The van der Waals surface area contributed by atoms with Crippen LogP contribution in [0.2, 0.25) is 0 Å². The fourth-order valence-corrected chi connectivity index (χ4v) is 1.56. The van der Waals surface area contributed by atoms with Crippen LogP contribution in [0.5, 0.6) is 0 Å². The number of hydrogen-bond donors (Lipinski definition) is 1. The summed E-state index contributed by atoms with van der Waals surface area (Å²) in [5.41, 5.74) is 1.42. The van der Waals surface area contributed by atoms with E-state index in [4.69, 9.17) is 4.52 Å². The molecule has 16 heavy (non-hydrogen) atoms. The highest BCUT2D eigenvalue weighted by atomic mass is 127. The minimum atomic E-state index is -0.290. The van der Waals surface area contributed by atoms with E-state index >= 15 is 0 Å². The first kappa shape index (κ1) is 11.1. The lowest BCUT2D eigenvalue weighted by Crippen LogP contribution is -2.10. The Morgan fingerprint density at radius 2 is 2.06 bits per heavy atom. The van der Waals surface area contributed by atoms with Gasteiger partial charge in [0.05, 0.1) is 5.69 Å². The van der Waals surface area contributed by atoms with E-state index in [9.17, 15) is 4.79 Å². The monoisotopic (exact) mass is 328 g/mol. The number of amides is 1. The fraction of sp³-hybridized carbons (Fsp3) is 0.0909. The first-order valence-electron chi connectivity index (χ1n) is 4.65. The van der Waals surface area contributed by atoms with Crippen molar-refractivity contribution >= 4 is 34.2 Å². The molecular formula is C11H9IN2O2. The summed E-state index contributed by atoms with van der Waals surface area (Å²) in [6, 6.07) is 9.11. The lowest BCUT2D eigenvalue weighted by atomic mass is 10.3. The summed E-state index contributed by atoms with van der Waals surface area (Å²) >= 11 is 2.20. The van der Waals surface area contributed by atoms with Crippen LogP contribution in [0.4, 0.5) is 5.69 Å². The number of hydrogen-bond acceptors (Lipinski definition) is 3. The summed E-state index contributed by atoms with van der Waals surface area (Å²) in [5, 5.41) is 6.38. The molecule has 1 heterocycles. The van der Waals surface area contributed by atoms with Gasteiger partial charge in [-0.25, -0.2) is 0 Å². The predicted molar refractivity (Wildman–Crippen MR) is 68.4 cm³/mol. The summed E-state index contributed by atoms with van der Waals surface area (Å²) in [5.74, 6) is -0.0714. The molecule has 5 heteroatoms. The molecule has 2 rings (SSSR count). The first-order chi connectivity index (χ1) is 7.65. The molecule has 0 atom stereocenters. The van der Waals surface area contributed by atoms with E-state index in [0.29, 0.717) is 5.69 Å². The van der Waals surface area contributed by atoms with Crippen molar-refractivity contribution in [2.75, 3.05) is 5.32 Å². The summed E-state index contributed by atoms with van der Waals surface area (Å²) in [4.78, 5) is 11.7. The number of aromatic nitrogens is 1. The zero-order valence-electron chi connectivity index (χ0n) is 8.53. The largest absolute Gasteiger partial charge is 0.351 e. The molecule has 1 amide bonds. The Balaban J connectivity index is 2.10. The molecule has 1 N–H and O–H groups in total. The van der Waals surface area contributed by atoms with E-state index in [2.05, 4.69) is 33.1 Å². The highest BCUT2D eigenvalue weighted by Gasteiger charge is 2.11. The van der Waals surface area contributed by atoms with Crippen molar-refractivity contribution in [3.8, 4) is 0 Å². The van der Waals surface area contributed by atoms with Crippen LogP contribution in [0.3, 0.4) is 0 Å². The van der Waals surface area contributed by atoms with Gasteiger partial charge in [0.1, 0.15) is 0 Å². The van der Waals surface area contributed by atoms with E-state index in [1.807, 2.05) is 24.3 Å². The second-order valence-corrected chi connectivity index (χ2v) is 4.54. The molecule has 0 saturated carbocycles. The van der Waals surface area contributed by atoms with Gasteiger partial charge in [0, 0.05) is 15.3 Å². The average molecular weight is 328 g/mol. The van der Waals surface area contributed by atoms with Crippen molar-refractivity contribution in [2.24, 2.45) is 0 Å². The van der Waals surface area contributed by atoms with E-state index in [1.54, 1.807) is 13.0 Å². The smallest absolute Gasteiger partial charge is 0.294 e. The van der Waals surface area contributed by atoms with Crippen LogP contribution in [0.15, 0.2) is 34.9 Å². The van der Waals surface area contributed by atoms with Crippen LogP contribution in [0.1, 0.15) is 16.2 Å². The average Bonchev–Trinajstić information content (AvgIpc) is 2.68. The highest BCUT2D eigenvalue weighted by Crippen LogP contribution is 2.12. The number of rotatable bonds is 2. The second kappa shape index (κ2) is 4.65. The van der Waals surface area contributed by atoms with Crippen molar-refractivity contribution in [1.82, 2.24) is 5.16 Å². The Bertz CT molecular complexity index is 505. The zero-order valence-corrected chi connectivity index (χ0v) is 10.7. The van der Waals surface area contributed by atoms with Gasteiger partial charge in [-0.2, -0.15) is 0 Å². The van der Waals surface area contributed by atoms with Crippen LogP contribution in [-0.2, 0) is 0 Å². The molecule has 0 radical (unpaired) electrons. The van der Waals surface area contributed by atoms with Gasteiger partial charge in [-0.15, -0.1) is 0 Å². The predicted octanol–water partition coefficient (Wildman–Crippen LogP) is 2.84. The third kappa shape index (κ3) is 2.60. The van der Waals surface area contributed by atoms with E-state index in [-0.39, 0.29) is 11.7 Å². The van der Waals surface area contributed by atoms with E-state index in [0.717, 1.165) is 9.26 Å². The van der Waals surface area contributed by atoms with Gasteiger partial charge in [-0.05, 0) is 53.8 Å². The minimum absolute atomic E-state index is 0.219. The normalized spacial score (nSPS) is 10.1. The Labute approximate surface area is 106 Å². The molecule has 0 aliphatic carbocycles. The number of aryl methyl sites for hydroxylation is 1. The molecule has 0 spiro atoms. The standard InChI is InChI=1S/C11H9IN2O2/c1-7-6-10(16-14-7)11(15)13-9-4-2-8(12)3-5-9/h2-6H,1H3,(H,13,15). The Kier molecular flexibility index (Phi) is 3.23. The van der Waals surface area contributed by atoms with Gasteiger partial charge < -0.3 is 9.84 Å². The number of nitrogens with one attached hydrogen (secondary N) is 1. The first-order valence-corrected chi connectivity index (χ1v) is 5.73. The van der Waals surface area contributed by atoms with Crippen LogP contribution in [-0.4, -0.2) is 11.1 Å². The summed E-state index contributed by atoms with van der Waals surface area (Å²) in [7, 11) is 0. The quantitative estimate of drug-likeness (QED) is 0.863. The number of carbonyl (C=O) groups is 1. The molecule has 2 aromatic rings. The van der Waals surface area contributed by atoms with Crippen LogP contribution >= 0.6 is 22.6 Å². The van der Waals surface area contributed by atoms with Gasteiger partial charge in [0.25, 0.3) is 5.91 Å². The van der Waals surface area contributed by atoms with Gasteiger partial charge in [-0.3, -0.25) is 4.79 Å². The topological polar surface area (TPSA) is 55.1 Å². The van der Waals surface area contributed by atoms with E-state index in [1.165, 1.54) is 0 Å². The third-order valence-electron chi connectivity index (χ3n) is 1.95. The second-order valence-electron chi connectivity index (χ2n) is 3.29. The van der Waals surface area contributed by atoms with Crippen molar-refractivity contribution in [3.05, 3.63) is 45.4 Å². The minimum Gasteiger partial charge on any atom is -0.351 e. The van der Waals surface area contributed by atoms with Gasteiger partial charge in [0.15, 0.2) is 0 Å². The van der Waals surface area contributed by atoms with Crippen molar-refractivity contribution in [1.29, 1.82) is 0 Å². The molecular weight excluding hydrogens is 319 g/mol. The number of anilines is 1. The molecule has 0 bridgehead atoms. The van der Waals surface area contributed by atoms with Gasteiger partial charge >= 0.3 is 0 Å². The number of halogens is 1. The lowest BCUT2D eigenvalue weighted by molar-refractivity contribution is 0.0988. The Hall–Kier alpha value is -1.37. The van der Waals surface area contributed by atoms with E-state index < -0.39 is 0 Å². The Morgan fingerprint density at radius 1 is 1.38 bits per heavy atom. The third-order valence-corrected chi connectivity index (χ3v) is 2.67. The maximum atomic E-state index is 11.7. The van der Waals surface area contributed by atoms with Crippen LogP contribution < -0.4 is 5.32 Å². The molecule has 1 aromatic heterocycles. The highest BCUT2D eigenvalue weighted by molar-refractivity contribution is 14.1. The molecule has 0 aliphatic rings. The maximum Gasteiger partial charge on any atom is 0.294 e. The fourth-order valence-electron chi connectivity index (χ4n) is 1.20. The molecule has 0 saturated heterocycles. The molecule has 0 aliphatic heterocycles. The maximum absolute atomic E-state index is 11.7. The Morgan fingerprint density at radius 3 is 2.62 bits per heavy atom. The number of carbonyl (C=O) groups excluding carboxylic acids is 1. The molecule has 0 fully saturated rings. The molecule has 1 aromatic carbocycles. The number of benzene rings is 1. The van der Waals surface area contributed by atoms with Crippen molar-refractivity contribution < 1.29 is 9.32 Å². The summed E-state index contributed by atoms with van der Waals surface area (Å²) < 4.78 is 5.98. The summed E-state index contributed by atoms with van der Waals surface area (Å²) in [6.07, 6.45) is 0.